The Labute approximate surface area is 119 Å². The number of rotatable bonds is 3. The molecule has 1 saturated carbocycles. The van der Waals surface area contributed by atoms with Gasteiger partial charge in [-0.2, -0.15) is 0 Å². The quantitative estimate of drug-likeness (QED) is 0.844. The molecule has 0 radical (unpaired) electrons. The Morgan fingerprint density at radius 3 is 2.35 bits per heavy atom. The molecular formula is C18H20FN. The Kier molecular flexibility index (Phi) is 3.47. The molecule has 1 aliphatic carbocycles. The van der Waals surface area contributed by atoms with Crippen LogP contribution in [-0.4, -0.2) is 6.04 Å². The fourth-order valence-electron chi connectivity index (χ4n) is 3.06. The molecule has 0 heterocycles. The summed E-state index contributed by atoms with van der Waals surface area (Å²) in [4.78, 5) is 0. The van der Waals surface area contributed by atoms with Crippen molar-refractivity contribution >= 4 is 5.69 Å². The minimum Gasteiger partial charge on any atom is -0.382 e. The minimum atomic E-state index is -0.131. The Balaban J connectivity index is 1.61. The van der Waals surface area contributed by atoms with Crippen LogP contribution in [-0.2, 0) is 0 Å². The van der Waals surface area contributed by atoms with Crippen LogP contribution in [0.4, 0.5) is 10.1 Å². The second-order valence-electron chi connectivity index (χ2n) is 5.94. The van der Waals surface area contributed by atoms with Crippen LogP contribution in [0.3, 0.4) is 0 Å². The summed E-state index contributed by atoms with van der Waals surface area (Å²) in [5, 5.41) is 3.58. The summed E-state index contributed by atoms with van der Waals surface area (Å²) in [5.74, 6) is 0.363. The summed E-state index contributed by atoms with van der Waals surface area (Å²) in [6.45, 7) is 4.24. The highest BCUT2D eigenvalue weighted by Gasteiger charge is 2.30. The van der Waals surface area contributed by atoms with Gasteiger partial charge in [0.25, 0.3) is 0 Å². The number of hydrogen-bond acceptors (Lipinski definition) is 1. The fraction of sp³-hybridized carbons (Fsp3) is 0.333. The summed E-state index contributed by atoms with van der Waals surface area (Å²) in [5.41, 5.74) is 4.90. The molecule has 1 fully saturated rings. The van der Waals surface area contributed by atoms with E-state index in [0.29, 0.717) is 12.0 Å². The van der Waals surface area contributed by atoms with Gasteiger partial charge in [-0.3, -0.25) is 0 Å². The van der Waals surface area contributed by atoms with Crippen LogP contribution in [0.1, 0.15) is 35.4 Å². The molecule has 104 valence electrons. The molecular weight excluding hydrogens is 249 g/mol. The molecule has 0 aromatic heterocycles. The van der Waals surface area contributed by atoms with Gasteiger partial charge in [-0.05, 0) is 73.6 Å². The molecule has 0 aliphatic heterocycles. The lowest BCUT2D eigenvalue weighted by atomic mass is 9.76. The second kappa shape index (κ2) is 5.28. The van der Waals surface area contributed by atoms with Gasteiger partial charge in [0.15, 0.2) is 0 Å². The topological polar surface area (TPSA) is 12.0 Å². The van der Waals surface area contributed by atoms with Gasteiger partial charge in [-0.1, -0.05) is 18.2 Å². The molecule has 2 aromatic rings. The van der Waals surface area contributed by atoms with Crippen molar-refractivity contribution in [3.63, 3.8) is 0 Å². The van der Waals surface area contributed by atoms with E-state index in [0.717, 1.165) is 18.4 Å². The van der Waals surface area contributed by atoms with Crippen molar-refractivity contribution in [1.82, 2.24) is 0 Å². The maximum Gasteiger partial charge on any atom is 0.123 e. The summed E-state index contributed by atoms with van der Waals surface area (Å²) in [7, 11) is 0. The van der Waals surface area contributed by atoms with Crippen LogP contribution in [0.25, 0.3) is 0 Å². The van der Waals surface area contributed by atoms with Gasteiger partial charge < -0.3 is 5.32 Å². The van der Waals surface area contributed by atoms with Crippen molar-refractivity contribution in [2.24, 2.45) is 0 Å². The van der Waals surface area contributed by atoms with E-state index >= 15 is 0 Å². The van der Waals surface area contributed by atoms with Crippen LogP contribution in [0.15, 0.2) is 42.5 Å². The summed E-state index contributed by atoms with van der Waals surface area (Å²) >= 11 is 0. The number of benzene rings is 2. The molecule has 0 saturated heterocycles. The molecule has 2 heteroatoms. The van der Waals surface area contributed by atoms with E-state index in [-0.39, 0.29) is 5.82 Å². The molecule has 1 aliphatic rings. The smallest absolute Gasteiger partial charge is 0.123 e. The Bertz CT molecular complexity index is 594. The van der Waals surface area contributed by atoms with Gasteiger partial charge in [0, 0.05) is 11.7 Å². The second-order valence-corrected chi connectivity index (χ2v) is 5.94. The highest BCUT2D eigenvalue weighted by atomic mass is 19.1. The fourth-order valence-corrected chi connectivity index (χ4v) is 3.06. The lowest BCUT2D eigenvalue weighted by Gasteiger charge is -2.37. The van der Waals surface area contributed by atoms with Crippen molar-refractivity contribution < 1.29 is 4.39 Å². The maximum atomic E-state index is 13.2. The summed E-state index contributed by atoms with van der Waals surface area (Å²) < 4.78 is 13.2. The molecule has 20 heavy (non-hydrogen) atoms. The van der Waals surface area contributed by atoms with Crippen molar-refractivity contribution in [2.45, 2.75) is 38.6 Å². The van der Waals surface area contributed by atoms with E-state index in [1.807, 2.05) is 6.07 Å². The SMILES string of the molecule is Cc1cc(C)cc(NC2CC(c3cccc(F)c3)C2)c1. The zero-order valence-electron chi connectivity index (χ0n) is 12.0. The Morgan fingerprint density at radius 2 is 1.70 bits per heavy atom. The van der Waals surface area contributed by atoms with Gasteiger partial charge in [0.2, 0.25) is 0 Å². The van der Waals surface area contributed by atoms with Crippen molar-refractivity contribution in [1.29, 1.82) is 0 Å². The molecule has 0 spiro atoms. The number of halogens is 1. The van der Waals surface area contributed by atoms with E-state index in [1.165, 1.54) is 22.9 Å². The van der Waals surface area contributed by atoms with E-state index in [1.54, 1.807) is 12.1 Å². The number of hydrogen-bond donors (Lipinski definition) is 1. The van der Waals surface area contributed by atoms with Gasteiger partial charge in [-0.25, -0.2) is 4.39 Å². The third-order valence-electron chi connectivity index (χ3n) is 4.05. The van der Waals surface area contributed by atoms with Crippen LogP contribution in [0.5, 0.6) is 0 Å². The molecule has 0 unspecified atom stereocenters. The molecule has 3 rings (SSSR count). The van der Waals surface area contributed by atoms with Gasteiger partial charge in [0.1, 0.15) is 5.82 Å². The zero-order valence-corrected chi connectivity index (χ0v) is 12.0. The van der Waals surface area contributed by atoms with Crippen molar-refractivity contribution in [2.75, 3.05) is 5.32 Å². The number of nitrogens with one attached hydrogen (secondary N) is 1. The van der Waals surface area contributed by atoms with E-state index < -0.39 is 0 Å². The Morgan fingerprint density at radius 1 is 1.00 bits per heavy atom. The third-order valence-corrected chi connectivity index (χ3v) is 4.05. The van der Waals surface area contributed by atoms with E-state index in [9.17, 15) is 4.39 Å². The highest BCUT2D eigenvalue weighted by Crippen LogP contribution is 2.38. The normalized spacial score (nSPS) is 21.4. The molecule has 1 nitrogen and oxygen atoms in total. The Hall–Kier alpha value is -1.83. The van der Waals surface area contributed by atoms with E-state index in [2.05, 4.69) is 37.4 Å². The molecule has 2 aromatic carbocycles. The van der Waals surface area contributed by atoms with Crippen molar-refractivity contribution in [3.8, 4) is 0 Å². The van der Waals surface area contributed by atoms with E-state index in [4.69, 9.17) is 0 Å². The highest BCUT2D eigenvalue weighted by molar-refractivity contribution is 5.49. The average molecular weight is 269 g/mol. The monoisotopic (exact) mass is 269 g/mol. The number of aryl methyl sites for hydroxylation is 2. The summed E-state index contributed by atoms with van der Waals surface area (Å²) in [6.07, 6.45) is 2.16. The lowest BCUT2D eigenvalue weighted by molar-refractivity contribution is 0.373. The van der Waals surface area contributed by atoms with Gasteiger partial charge in [-0.15, -0.1) is 0 Å². The largest absolute Gasteiger partial charge is 0.382 e. The summed E-state index contributed by atoms with van der Waals surface area (Å²) in [6, 6.07) is 14.1. The van der Waals surface area contributed by atoms with Crippen LogP contribution in [0.2, 0.25) is 0 Å². The van der Waals surface area contributed by atoms with Crippen LogP contribution in [0, 0.1) is 19.7 Å². The number of anilines is 1. The van der Waals surface area contributed by atoms with Gasteiger partial charge in [0.05, 0.1) is 0 Å². The predicted molar refractivity (Wildman–Crippen MR) is 81.7 cm³/mol. The molecule has 0 amide bonds. The van der Waals surface area contributed by atoms with Crippen LogP contribution < -0.4 is 5.32 Å². The maximum absolute atomic E-state index is 13.2. The minimum absolute atomic E-state index is 0.131. The van der Waals surface area contributed by atoms with Crippen LogP contribution >= 0.6 is 0 Å². The first-order chi connectivity index (χ1) is 9.60. The van der Waals surface area contributed by atoms with Crippen molar-refractivity contribution in [3.05, 3.63) is 65.0 Å². The third kappa shape index (κ3) is 2.84. The van der Waals surface area contributed by atoms with Gasteiger partial charge >= 0.3 is 0 Å². The average Bonchev–Trinajstić information content (AvgIpc) is 2.32. The molecule has 0 atom stereocenters. The molecule has 0 bridgehead atoms. The lowest BCUT2D eigenvalue weighted by Crippen LogP contribution is -2.34. The first-order valence-corrected chi connectivity index (χ1v) is 7.20. The predicted octanol–water partition coefficient (Wildman–Crippen LogP) is 4.80. The first kappa shape index (κ1) is 13.2. The zero-order chi connectivity index (χ0) is 14.1. The standard InChI is InChI=1S/C18H20FN/c1-12-6-13(2)8-17(7-12)20-18-10-15(11-18)14-4-3-5-16(19)9-14/h3-9,15,18,20H,10-11H2,1-2H3. The molecule has 1 N–H and O–H groups in total. The first-order valence-electron chi connectivity index (χ1n) is 7.20.